The number of ether oxygens (including phenoxy) is 2. The molecule has 0 aromatic rings. The lowest BCUT2D eigenvalue weighted by Gasteiger charge is -2.26. The Morgan fingerprint density at radius 3 is 2.67 bits per heavy atom. The maximum Gasteiger partial charge on any atom is 0.410 e. The Bertz CT molecular complexity index is 313. The van der Waals surface area contributed by atoms with Gasteiger partial charge in [-0.2, -0.15) is 0 Å². The Hall–Kier alpha value is -1.28. The van der Waals surface area contributed by atoms with Crippen molar-refractivity contribution in [1.29, 1.82) is 0 Å². The molecule has 102 valence electrons. The number of nitrogens with zero attached hydrogens (tertiary/aromatic N) is 2. The van der Waals surface area contributed by atoms with Crippen molar-refractivity contribution in [3.05, 3.63) is 11.4 Å². The minimum atomic E-state index is -0.476. The zero-order chi connectivity index (χ0) is 13.6. The number of carbonyl (C=O) groups is 1. The molecule has 0 aliphatic carbocycles. The van der Waals surface area contributed by atoms with Gasteiger partial charge in [-0.3, -0.25) is 0 Å². The van der Waals surface area contributed by atoms with Crippen LogP contribution >= 0.6 is 0 Å². The van der Waals surface area contributed by atoms with Gasteiger partial charge in [0, 0.05) is 13.0 Å². The Kier molecular flexibility index (Phi) is 5.42. The molecule has 0 aromatic carbocycles. The van der Waals surface area contributed by atoms with Gasteiger partial charge in [-0.15, -0.1) is 0 Å². The highest BCUT2D eigenvalue weighted by Crippen LogP contribution is 2.15. The van der Waals surface area contributed by atoms with Crippen molar-refractivity contribution in [3.8, 4) is 0 Å². The van der Waals surface area contributed by atoms with Gasteiger partial charge in [-0.1, -0.05) is 0 Å². The first kappa shape index (κ1) is 14.8. The number of unbranched alkanes of at least 4 members (excludes halogenated alkanes) is 1. The van der Waals surface area contributed by atoms with E-state index in [2.05, 4.69) is 4.85 Å². The van der Waals surface area contributed by atoms with Gasteiger partial charge in [0.25, 0.3) is 0 Å². The summed E-state index contributed by atoms with van der Waals surface area (Å²) in [5, 5.41) is 0. The molecule has 1 rings (SSSR count). The van der Waals surface area contributed by atoms with Crippen molar-refractivity contribution in [1.82, 2.24) is 4.90 Å². The molecule has 1 unspecified atom stereocenters. The standard InChI is InChI=1S/C13H22N2O3/c1-13(2,3)18-12(16)15(9-11-10-17-11)8-6-5-7-14-4/h11H,5-10H2,1-3H3. The quantitative estimate of drug-likeness (QED) is 0.415. The number of hydrogen-bond donors (Lipinski definition) is 0. The fourth-order valence-electron chi connectivity index (χ4n) is 1.50. The summed E-state index contributed by atoms with van der Waals surface area (Å²) in [4.78, 5) is 17.0. The predicted molar refractivity (Wildman–Crippen MR) is 68.3 cm³/mol. The molecular formula is C13H22N2O3. The van der Waals surface area contributed by atoms with Crippen LogP contribution in [0.15, 0.2) is 0 Å². The third kappa shape index (κ3) is 6.45. The minimum Gasteiger partial charge on any atom is -0.444 e. The van der Waals surface area contributed by atoms with Crippen molar-refractivity contribution < 1.29 is 14.3 Å². The summed E-state index contributed by atoms with van der Waals surface area (Å²) in [5.74, 6) is 0. The van der Waals surface area contributed by atoms with E-state index in [0.717, 1.165) is 19.4 Å². The third-order valence-corrected chi connectivity index (χ3v) is 2.43. The monoisotopic (exact) mass is 254 g/mol. The molecule has 0 spiro atoms. The molecule has 1 amide bonds. The second kappa shape index (κ2) is 6.60. The van der Waals surface area contributed by atoms with Crippen LogP contribution in [-0.2, 0) is 9.47 Å². The third-order valence-electron chi connectivity index (χ3n) is 2.43. The first-order chi connectivity index (χ1) is 8.42. The Morgan fingerprint density at radius 2 is 2.17 bits per heavy atom. The molecule has 0 radical (unpaired) electrons. The van der Waals surface area contributed by atoms with E-state index >= 15 is 0 Å². The maximum absolute atomic E-state index is 12.0. The second-order valence-corrected chi connectivity index (χ2v) is 5.47. The molecule has 0 N–H and O–H groups in total. The lowest BCUT2D eigenvalue weighted by molar-refractivity contribution is 0.0234. The molecule has 0 bridgehead atoms. The van der Waals surface area contributed by atoms with Crippen molar-refractivity contribution in [2.45, 2.75) is 45.3 Å². The van der Waals surface area contributed by atoms with E-state index in [0.29, 0.717) is 19.6 Å². The molecule has 5 nitrogen and oxygen atoms in total. The minimum absolute atomic E-state index is 0.165. The normalized spacial score (nSPS) is 18.0. The van der Waals surface area contributed by atoms with Gasteiger partial charge < -0.3 is 19.2 Å². The predicted octanol–water partition coefficient (Wildman–Crippen LogP) is 2.32. The van der Waals surface area contributed by atoms with Crippen LogP contribution in [0.25, 0.3) is 4.85 Å². The smallest absolute Gasteiger partial charge is 0.410 e. The van der Waals surface area contributed by atoms with E-state index in [-0.39, 0.29) is 12.2 Å². The maximum atomic E-state index is 12.0. The first-order valence-electron chi connectivity index (χ1n) is 6.35. The molecule has 1 heterocycles. The van der Waals surface area contributed by atoms with Crippen LogP contribution in [-0.4, -0.2) is 48.9 Å². The van der Waals surface area contributed by atoms with Gasteiger partial charge in [0.1, 0.15) is 5.60 Å². The number of rotatable bonds is 6. The lowest BCUT2D eigenvalue weighted by atomic mass is 10.2. The van der Waals surface area contributed by atoms with Gasteiger partial charge in [0.15, 0.2) is 0 Å². The van der Waals surface area contributed by atoms with E-state index < -0.39 is 5.60 Å². The van der Waals surface area contributed by atoms with Crippen LogP contribution in [0.3, 0.4) is 0 Å². The lowest BCUT2D eigenvalue weighted by Crippen LogP contribution is -2.39. The van der Waals surface area contributed by atoms with Crippen LogP contribution in [0.1, 0.15) is 33.6 Å². The highest BCUT2D eigenvalue weighted by atomic mass is 16.6. The van der Waals surface area contributed by atoms with E-state index in [1.165, 1.54) is 0 Å². The van der Waals surface area contributed by atoms with Crippen molar-refractivity contribution in [2.75, 3.05) is 26.2 Å². The van der Waals surface area contributed by atoms with Crippen LogP contribution in [0.4, 0.5) is 4.79 Å². The topological polar surface area (TPSA) is 46.4 Å². The molecule has 1 aliphatic rings. The molecule has 1 atom stereocenters. The fraction of sp³-hybridized carbons (Fsp3) is 0.846. The Balaban J connectivity index is 2.38. The number of hydrogen-bond acceptors (Lipinski definition) is 3. The van der Waals surface area contributed by atoms with Crippen LogP contribution in [0.2, 0.25) is 0 Å². The summed E-state index contributed by atoms with van der Waals surface area (Å²) in [7, 11) is 0. The summed E-state index contributed by atoms with van der Waals surface area (Å²) in [5.41, 5.74) is -0.476. The van der Waals surface area contributed by atoms with Crippen LogP contribution < -0.4 is 0 Å². The van der Waals surface area contributed by atoms with Crippen molar-refractivity contribution in [3.63, 3.8) is 0 Å². The van der Waals surface area contributed by atoms with Crippen molar-refractivity contribution >= 4 is 6.09 Å². The Morgan fingerprint density at radius 1 is 1.50 bits per heavy atom. The average Bonchev–Trinajstić information content (AvgIpc) is 3.03. The Labute approximate surface area is 109 Å². The highest BCUT2D eigenvalue weighted by molar-refractivity contribution is 5.68. The molecule has 1 fully saturated rings. The number of amides is 1. The zero-order valence-electron chi connectivity index (χ0n) is 11.4. The van der Waals surface area contributed by atoms with E-state index in [1.54, 1.807) is 4.90 Å². The first-order valence-corrected chi connectivity index (χ1v) is 6.35. The summed E-state index contributed by atoms with van der Waals surface area (Å²) >= 11 is 0. The summed E-state index contributed by atoms with van der Waals surface area (Å²) < 4.78 is 10.5. The van der Waals surface area contributed by atoms with Gasteiger partial charge in [0.05, 0.1) is 19.3 Å². The number of epoxide rings is 1. The molecule has 0 saturated carbocycles. The molecule has 5 heteroatoms. The van der Waals surface area contributed by atoms with E-state index in [9.17, 15) is 4.79 Å². The highest BCUT2D eigenvalue weighted by Gasteiger charge is 2.30. The van der Waals surface area contributed by atoms with Gasteiger partial charge in [-0.05, 0) is 27.2 Å². The molecular weight excluding hydrogens is 232 g/mol. The summed E-state index contributed by atoms with van der Waals surface area (Å²) in [6.45, 7) is 14.7. The molecule has 18 heavy (non-hydrogen) atoms. The largest absolute Gasteiger partial charge is 0.444 e. The van der Waals surface area contributed by atoms with Crippen LogP contribution in [0, 0.1) is 6.57 Å². The fourth-order valence-corrected chi connectivity index (χ4v) is 1.50. The number of carbonyl (C=O) groups excluding carboxylic acids is 1. The molecule has 1 aliphatic heterocycles. The summed E-state index contributed by atoms with van der Waals surface area (Å²) in [6.07, 6.45) is 1.52. The van der Waals surface area contributed by atoms with E-state index in [1.807, 2.05) is 20.8 Å². The second-order valence-electron chi connectivity index (χ2n) is 5.47. The average molecular weight is 254 g/mol. The van der Waals surface area contributed by atoms with Crippen molar-refractivity contribution in [2.24, 2.45) is 0 Å². The van der Waals surface area contributed by atoms with Gasteiger partial charge >= 0.3 is 6.09 Å². The van der Waals surface area contributed by atoms with E-state index in [4.69, 9.17) is 16.0 Å². The SMILES string of the molecule is [C-]#[N+]CCCCN(CC1CO1)C(=O)OC(C)(C)C. The van der Waals surface area contributed by atoms with Crippen LogP contribution in [0.5, 0.6) is 0 Å². The molecule has 1 saturated heterocycles. The zero-order valence-corrected chi connectivity index (χ0v) is 11.4. The van der Waals surface area contributed by atoms with Gasteiger partial charge in [-0.25, -0.2) is 11.4 Å². The summed E-state index contributed by atoms with van der Waals surface area (Å²) in [6, 6.07) is 0. The molecule has 0 aromatic heterocycles. The van der Waals surface area contributed by atoms with Gasteiger partial charge in [0.2, 0.25) is 6.54 Å².